The van der Waals surface area contributed by atoms with Crippen molar-refractivity contribution in [3.05, 3.63) is 53.5 Å². The van der Waals surface area contributed by atoms with Gasteiger partial charge in [-0.3, -0.25) is 4.79 Å². The molecule has 1 aromatic carbocycles. The molecule has 0 spiro atoms. The third kappa shape index (κ3) is 4.25. The summed E-state index contributed by atoms with van der Waals surface area (Å²) in [5.74, 6) is 0.234. The highest BCUT2D eigenvalue weighted by Crippen LogP contribution is 2.26. The Morgan fingerprint density at radius 2 is 2.12 bits per heavy atom. The second-order valence-electron chi connectivity index (χ2n) is 7.03. The summed E-state index contributed by atoms with van der Waals surface area (Å²) in [4.78, 5) is 16.7. The van der Waals surface area contributed by atoms with Gasteiger partial charge in [-0.05, 0) is 30.5 Å². The first-order valence-corrected chi connectivity index (χ1v) is 8.53. The van der Waals surface area contributed by atoms with Crippen molar-refractivity contribution >= 4 is 5.91 Å². The third-order valence-corrected chi connectivity index (χ3v) is 4.62. The van der Waals surface area contributed by atoms with E-state index in [9.17, 15) is 9.18 Å². The molecule has 5 nitrogen and oxygen atoms in total. The van der Waals surface area contributed by atoms with Crippen LogP contribution in [0.1, 0.15) is 54.5 Å². The van der Waals surface area contributed by atoms with Crippen molar-refractivity contribution in [2.45, 2.75) is 38.0 Å². The van der Waals surface area contributed by atoms with Gasteiger partial charge in [0.1, 0.15) is 12.1 Å². The fourth-order valence-electron chi connectivity index (χ4n) is 2.93. The Labute approximate surface area is 146 Å². The SMILES string of the molecule is CC(C)(CNC(=O)c1coc(C2CCOCC2)n1)c1cccc(F)c1. The molecule has 3 rings (SSSR count). The Bertz CT molecular complexity index is 736. The summed E-state index contributed by atoms with van der Waals surface area (Å²) in [5.41, 5.74) is 0.706. The van der Waals surface area contributed by atoms with Gasteiger partial charge in [0.25, 0.3) is 5.91 Å². The number of rotatable bonds is 5. The van der Waals surface area contributed by atoms with E-state index in [1.807, 2.05) is 19.9 Å². The van der Waals surface area contributed by atoms with Crippen LogP contribution in [0.5, 0.6) is 0 Å². The second kappa shape index (κ2) is 7.35. The summed E-state index contributed by atoms with van der Waals surface area (Å²) in [7, 11) is 0. The highest BCUT2D eigenvalue weighted by molar-refractivity contribution is 5.92. The average molecular weight is 346 g/mol. The lowest BCUT2D eigenvalue weighted by atomic mass is 9.84. The van der Waals surface area contributed by atoms with E-state index < -0.39 is 5.41 Å². The summed E-state index contributed by atoms with van der Waals surface area (Å²) in [6.07, 6.45) is 3.11. The van der Waals surface area contributed by atoms with Crippen LogP contribution in [0.3, 0.4) is 0 Å². The van der Waals surface area contributed by atoms with E-state index >= 15 is 0 Å². The van der Waals surface area contributed by atoms with Crippen LogP contribution in [0.25, 0.3) is 0 Å². The molecule has 0 unspecified atom stereocenters. The second-order valence-corrected chi connectivity index (χ2v) is 7.03. The lowest BCUT2D eigenvalue weighted by molar-refractivity contribution is 0.0794. The van der Waals surface area contributed by atoms with Crippen molar-refractivity contribution < 1.29 is 18.3 Å². The Balaban J connectivity index is 1.61. The Kier molecular flexibility index (Phi) is 5.18. The van der Waals surface area contributed by atoms with Gasteiger partial charge in [-0.15, -0.1) is 0 Å². The van der Waals surface area contributed by atoms with Crippen LogP contribution in [0.4, 0.5) is 4.39 Å². The van der Waals surface area contributed by atoms with Crippen molar-refractivity contribution in [2.75, 3.05) is 19.8 Å². The van der Waals surface area contributed by atoms with Gasteiger partial charge in [0.15, 0.2) is 11.6 Å². The molecule has 0 radical (unpaired) electrons. The molecule has 1 aromatic heterocycles. The van der Waals surface area contributed by atoms with Gasteiger partial charge in [0.05, 0.1) is 0 Å². The maximum absolute atomic E-state index is 13.4. The fraction of sp³-hybridized carbons (Fsp3) is 0.474. The van der Waals surface area contributed by atoms with E-state index in [1.54, 1.807) is 6.07 Å². The van der Waals surface area contributed by atoms with E-state index in [4.69, 9.17) is 9.15 Å². The normalized spacial score (nSPS) is 16.0. The number of oxazole rings is 1. The molecule has 1 aliphatic heterocycles. The maximum Gasteiger partial charge on any atom is 0.273 e. The molecule has 1 amide bonds. The fourth-order valence-corrected chi connectivity index (χ4v) is 2.93. The predicted molar refractivity (Wildman–Crippen MR) is 91.1 cm³/mol. The van der Waals surface area contributed by atoms with Crippen LogP contribution in [0.15, 0.2) is 34.9 Å². The lowest BCUT2D eigenvalue weighted by Gasteiger charge is -2.25. The van der Waals surface area contributed by atoms with Crippen molar-refractivity contribution in [1.29, 1.82) is 0 Å². The van der Waals surface area contributed by atoms with Crippen LogP contribution in [-0.4, -0.2) is 30.6 Å². The molecule has 2 heterocycles. The number of aromatic nitrogens is 1. The van der Waals surface area contributed by atoms with E-state index in [0.29, 0.717) is 25.6 Å². The van der Waals surface area contributed by atoms with Crippen LogP contribution < -0.4 is 5.32 Å². The van der Waals surface area contributed by atoms with Crippen LogP contribution in [-0.2, 0) is 10.2 Å². The van der Waals surface area contributed by atoms with E-state index in [0.717, 1.165) is 18.4 Å². The number of carbonyl (C=O) groups is 1. The number of carbonyl (C=O) groups excluding carboxylic acids is 1. The highest BCUT2D eigenvalue weighted by atomic mass is 19.1. The summed E-state index contributed by atoms with van der Waals surface area (Å²) >= 11 is 0. The minimum Gasteiger partial charge on any atom is -0.448 e. The molecule has 0 atom stereocenters. The van der Waals surface area contributed by atoms with Crippen LogP contribution >= 0.6 is 0 Å². The van der Waals surface area contributed by atoms with Gasteiger partial charge in [-0.1, -0.05) is 26.0 Å². The smallest absolute Gasteiger partial charge is 0.273 e. The van der Waals surface area contributed by atoms with Gasteiger partial charge < -0.3 is 14.5 Å². The van der Waals surface area contributed by atoms with Gasteiger partial charge in [0, 0.05) is 31.1 Å². The molecule has 1 saturated heterocycles. The quantitative estimate of drug-likeness (QED) is 0.901. The molecule has 1 N–H and O–H groups in total. The summed E-state index contributed by atoms with van der Waals surface area (Å²) in [6.45, 7) is 5.66. The largest absolute Gasteiger partial charge is 0.448 e. The van der Waals surface area contributed by atoms with Crippen molar-refractivity contribution in [1.82, 2.24) is 10.3 Å². The number of halogens is 1. The number of nitrogens with one attached hydrogen (secondary N) is 1. The Hall–Kier alpha value is -2.21. The van der Waals surface area contributed by atoms with Crippen molar-refractivity contribution in [3.63, 3.8) is 0 Å². The Morgan fingerprint density at radius 3 is 2.84 bits per heavy atom. The first-order valence-electron chi connectivity index (χ1n) is 8.53. The predicted octanol–water partition coefficient (Wildman–Crippen LogP) is 3.42. The highest BCUT2D eigenvalue weighted by Gasteiger charge is 2.25. The zero-order valence-corrected chi connectivity index (χ0v) is 14.5. The monoisotopic (exact) mass is 346 g/mol. The molecular formula is C19H23FN2O3. The summed E-state index contributed by atoms with van der Waals surface area (Å²) in [5, 5.41) is 2.86. The molecule has 0 aliphatic carbocycles. The third-order valence-electron chi connectivity index (χ3n) is 4.62. The van der Waals surface area contributed by atoms with E-state index in [-0.39, 0.29) is 23.3 Å². The molecule has 1 fully saturated rings. The average Bonchev–Trinajstić information content (AvgIpc) is 3.11. The molecule has 25 heavy (non-hydrogen) atoms. The van der Waals surface area contributed by atoms with Gasteiger partial charge >= 0.3 is 0 Å². The summed E-state index contributed by atoms with van der Waals surface area (Å²) in [6, 6.07) is 6.43. The number of benzene rings is 1. The van der Waals surface area contributed by atoms with Gasteiger partial charge in [0.2, 0.25) is 0 Å². The van der Waals surface area contributed by atoms with Gasteiger partial charge in [-0.2, -0.15) is 0 Å². The maximum atomic E-state index is 13.4. The number of hydrogen-bond acceptors (Lipinski definition) is 4. The minimum atomic E-state index is -0.398. The number of hydrogen-bond donors (Lipinski definition) is 1. The van der Waals surface area contributed by atoms with Crippen LogP contribution in [0.2, 0.25) is 0 Å². The van der Waals surface area contributed by atoms with Crippen molar-refractivity contribution in [3.8, 4) is 0 Å². The zero-order valence-electron chi connectivity index (χ0n) is 14.5. The first kappa shape index (κ1) is 17.6. The van der Waals surface area contributed by atoms with E-state index in [1.165, 1.54) is 18.4 Å². The molecular weight excluding hydrogens is 323 g/mol. The molecule has 1 aliphatic rings. The first-order chi connectivity index (χ1) is 12.0. The minimum absolute atomic E-state index is 0.207. The molecule has 0 saturated carbocycles. The van der Waals surface area contributed by atoms with Crippen molar-refractivity contribution in [2.24, 2.45) is 0 Å². The topological polar surface area (TPSA) is 64.4 Å². The van der Waals surface area contributed by atoms with Gasteiger partial charge in [-0.25, -0.2) is 9.37 Å². The lowest BCUT2D eigenvalue weighted by Crippen LogP contribution is -2.36. The molecule has 6 heteroatoms. The summed E-state index contributed by atoms with van der Waals surface area (Å²) < 4.78 is 24.2. The number of ether oxygens (including phenoxy) is 1. The molecule has 0 bridgehead atoms. The Morgan fingerprint density at radius 1 is 1.36 bits per heavy atom. The standard InChI is InChI=1S/C19H23FN2O3/c1-19(2,14-4-3-5-15(20)10-14)12-21-17(23)16-11-25-18(22-16)13-6-8-24-9-7-13/h3-5,10-11,13H,6-9,12H2,1-2H3,(H,21,23). The molecule has 2 aromatic rings. The number of amides is 1. The van der Waals surface area contributed by atoms with E-state index in [2.05, 4.69) is 10.3 Å². The molecule has 134 valence electrons. The van der Waals surface area contributed by atoms with Crippen LogP contribution in [0, 0.1) is 5.82 Å². The zero-order chi connectivity index (χ0) is 17.9. The number of nitrogens with zero attached hydrogens (tertiary/aromatic N) is 1.